The lowest BCUT2D eigenvalue weighted by Crippen LogP contribution is -2.29. The molecule has 0 amide bonds. The highest BCUT2D eigenvalue weighted by molar-refractivity contribution is 5.45. The predicted molar refractivity (Wildman–Crippen MR) is 63.4 cm³/mol. The van der Waals surface area contributed by atoms with Crippen LogP contribution in [0.5, 0.6) is 5.75 Å². The molecule has 3 nitrogen and oxygen atoms in total. The minimum Gasteiger partial charge on any atom is -0.496 e. The van der Waals surface area contributed by atoms with Crippen LogP contribution in [0, 0.1) is 0 Å². The highest BCUT2D eigenvalue weighted by atomic mass is 16.5. The van der Waals surface area contributed by atoms with E-state index in [1.54, 1.807) is 7.11 Å². The van der Waals surface area contributed by atoms with E-state index in [1.807, 2.05) is 6.07 Å². The first-order valence-electron chi connectivity index (χ1n) is 5.96. The number of fused-ring (bicyclic) bond motifs is 1. The van der Waals surface area contributed by atoms with E-state index in [0.717, 1.165) is 18.3 Å². The summed E-state index contributed by atoms with van der Waals surface area (Å²) in [5, 5.41) is 0. The van der Waals surface area contributed by atoms with Crippen molar-refractivity contribution in [3.8, 4) is 5.75 Å². The van der Waals surface area contributed by atoms with E-state index in [2.05, 4.69) is 17.0 Å². The fourth-order valence-corrected chi connectivity index (χ4v) is 2.78. The van der Waals surface area contributed by atoms with Gasteiger partial charge in [-0.15, -0.1) is 0 Å². The molecule has 86 valence electrons. The van der Waals surface area contributed by atoms with Crippen LogP contribution < -0.4 is 10.5 Å². The van der Waals surface area contributed by atoms with Crippen molar-refractivity contribution in [2.24, 2.45) is 5.73 Å². The summed E-state index contributed by atoms with van der Waals surface area (Å²) in [7, 11) is 1.74. The Hall–Kier alpha value is -1.06. The molecule has 2 N–H and O–H groups in total. The highest BCUT2D eigenvalue weighted by Crippen LogP contribution is 2.44. The summed E-state index contributed by atoms with van der Waals surface area (Å²) in [4.78, 5) is 2.53. The summed E-state index contributed by atoms with van der Waals surface area (Å²) in [6.45, 7) is 1.71. The third-order valence-corrected chi connectivity index (χ3v) is 3.73. The van der Waals surface area contributed by atoms with Crippen LogP contribution in [0.2, 0.25) is 0 Å². The fraction of sp³-hybridized carbons (Fsp3) is 0.538. The van der Waals surface area contributed by atoms with Gasteiger partial charge in [-0.2, -0.15) is 0 Å². The van der Waals surface area contributed by atoms with Crippen LogP contribution >= 0.6 is 0 Å². The lowest BCUT2D eigenvalue weighted by molar-refractivity contribution is 0.208. The molecule has 16 heavy (non-hydrogen) atoms. The molecule has 1 saturated carbocycles. The van der Waals surface area contributed by atoms with Crippen molar-refractivity contribution in [3.63, 3.8) is 0 Å². The molecule has 1 fully saturated rings. The van der Waals surface area contributed by atoms with Crippen molar-refractivity contribution in [1.82, 2.24) is 4.90 Å². The number of rotatable bonds is 3. The van der Waals surface area contributed by atoms with E-state index in [1.165, 1.54) is 24.0 Å². The second-order valence-electron chi connectivity index (χ2n) is 4.68. The van der Waals surface area contributed by atoms with Crippen molar-refractivity contribution in [1.29, 1.82) is 0 Å². The standard InChI is InChI=1S/C13H18N2O/c1-16-13-4-2-3-10-11(13)8-15(9-5-6-9)12(10)7-14/h2-4,9,12H,5-8,14H2,1H3. The molecule has 1 unspecified atom stereocenters. The smallest absolute Gasteiger partial charge is 0.123 e. The van der Waals surface area contributed by atoms with Gasteiger partial charge in [-0.3, -0.25) is 4.90 Å². The van der Waals surface area contributed by atoms with Gasteiger partial charge in [-0.1, -0.05) is 12.1 Å². The van der Waals surface area contributed by atoms with Gasteiger partial charge in [0.1, 0.15) is 5.75 Å². The first kappa shape index (κ1) is 10.1. The summed E-state index contributed by atoms with van der Waals surface area (Å²) >= 11 is 0. The number of nitrogens with two attached hydrogens (primary N) is 1. The zero-order chi connectivity index (χ0) is 11.1. The third kappa shape index (κ3) is 1.43. The van der Waals surface area contributed by atoms with Crippen LogP contribution in [0.15, 0.2) is 18.2 Å². The van der Waals surface area contributed by atoms with E-state index in [0.29, 0.717) is 12.6 Å². The molecule has 1 aliphatic heterocycles. The molecule has 0 aromatic heterocycles. The normalized spacial score (nSPS) is 24.5. The van der Waals surface area contributed by atoms with Crippen LogP contribution in [0.1, 0.15) is 30.0 Å². The van der Waals surface area contributed by atoms with Crippen molar-refractivity contribution in [3.05, 3.63) is 29.3 Å². The number of ether oxygens (including phenoxy) is 1. The van der Waals surface area contributed by atoms with Crippen molar-refractivity contribution >= 4 is 0 Å². The Bertz CT molecular complexity index is 401. The molecule has 0 saturated heterocycles. The van der Waals surface area contributed by atoms with Crippen LogP contribution in [0.3, 0.4) is 0 Å². The van der Waals surface area contributed by atoms with E-state index < -0.39 is 0 Å². The largest absolute Gasteiger partial charge is 0.496 e. The van der Waals surface area contributed by atoms with Gasteiger partial charge < -0.3 is 10.5 Å². The molecule has 3 heteroatoms. The first-order chi connectivity index (χ1) is 7.85. The van der Waals surface area contributed by atoms with Crippen LogP contribution in [0.25, 0.3) is 0 Å². The summed E-state index contributed by atoms with van der Waals surface area (Å²) in [5.74, 6) is 1.01. The zero-order valence-electron chi connectivity index (χ0n) is 9.65. The van der Waals surface area contributed by atoms with Crippen molar-refractivity contribution < 1.29 is 4.74 Å². The van der Waals surface area contributed by atoms with Gasteiger partial charge in [0.15, 0.2) is 0 Å². The monoisotopic (exact) mass is 218 g/mol. The molecule has 1 aromatic rings. The van der Waals surface area contributed by atoms with Crippen molar-refractivity contribution in [2.45, 2.75) is 31.5 Å². The maximum absolute atomic E-state index is 5.91. The van der Waals surface area contributed by atoms with Gasteiger partial charge in [0.05, 0.1) is 7.11 Å². The second-order valence-corrected chi connectivity index (χ2v) is 4.68. The molecule has 0 radical (unpaired) electrons. The molecule has 1 heterocycles. The van der Waals surface area contributed by atoms with E-state index in [4.69, 9.17) is 10.5 Å². The number of methoxy groups -OCH3 is 1. The number of hydrogen-bond acceptors (Lipinski definition) is 3. The van der Waals surface area contributed by atoms with Crippen LogP contribution in [-0.4, -0.2) is 24.6 Å². The first-order valence-corrected chi connectivity index (χ1v) is 5.96. The molecule has 0 bridgehead atoms. The average molecular weight is 218 g/mol. The quantitative estimate of drug-likeness (QED) is 0.838. The molecule has 2 aliphatic rings. The third-order valence-electron chi connectivity index (χ3n) is 3.73. The zero-order valence-corrected chi connectivity index (χ0v) is 9.65. The van der Waals surface area contributed by atoms with Gasteiger partial charge in [-0.05, 0) is 24.5 Å². The Kier molecular flexibility index (Phi) is 2.37. The molecule has 1 aromatic carbocycles. The summed E-state index contributed by atoms with van der Waals surface area (Å²) in [6.07, 6.45) is 2.65. The van der Waals surface area contributed by atoms with E-state index in [9.17, 15) is 0 Å². The maximum atomic E-state index is 5.91. The molecule has 1 aliphatic carbocycles. The Morgan fingerprint density at radius 3 is 2.88 bits per heavy atom. The summed E-state index contributed by atoms with van der Waals surface area (Å²) in [5.41, 5.74) is 8.62. The average Bonchev–Trinajstić information content (AvgIpc) is 3.09. The Labute approximate surface area is 96.2 Å². The molecule has 0 spiro atoms. The molecular formula is C13H18N2O. The number of hydrogen-bond donors (Lipinski definition) is 1. The van der Waals surface area contributed by atoms with Gasteiger partial charge in [0.2, 0.25) is 0 Å². The minimum absolute atomic E-state index is 0.401. The Morgan fingerprint density at radius 2 is 2.25 bits per heavy atom. The lowest BCUT2D eigenvalue weighted by atomic mass is 10.0. The topological polar surface area (TPSA) is 38.5 Å². The van der Waals surface area contributed by atoms with Gasteiger partial charge >= 0.3 is 0 Å². The summed E-state index contributed by atoms with van der Waals surface area (Å²) in [6, 6.07) is 7.46. The maximum Gasteiger partial charge on any atom is 0.123 e. The molecule has 1 atom stereocenters. The Balaban J connectivity index is 1.99. The van der Waals surface area contributed by atoms with Crippen molar-refractivity contribution in [2.75, 3.05) is 13.7 Å². The van der Waals surface area contributed by atoms with Crippen LogP contribution in [-0.2, 0) is 6.54 Å². The second kappa shape index (κ2) is 3.75. The van der Waals surface area contributed by atoms with Gasteiger partial charge in [0, 0.05) is 30.7 Å². The SMILES string of the molecule is COc1cccc2c1CN(C1CC1)C2CN. The van der Waals surface area contributed by atoms with Crippen LogP contribution in [0.4, 0.5) is 0 Å². The molecule has 3 rings (SSSR count). The van der Waals surface area contributed by atoms with E-state index in [-0.39, 0.29) is 0 Å². The fourth-order valence-electron chi connectivity index (χ4n) is 2.78. The predicted octanol–water partition coefficient (Wildman–Crippen LogP) is 1.67. The van der Waals surface area contributed by atoms with Gasteiger partial charge in [-0.25, -0.2) is 0 Å². The highest BCUT2D eigenvalue weighted by Gasteiger charge is 2.39. The lowest BCUT2D eigenvalue weighted by Gasteiger charge is -2.23. The number of benzene rings is 1. The van der Waals surface area contributed by atoms with Gasteiger partial charge in [0.25, 0.3) is 0 Å². The summed E-state index contributed by atoms with van der Waals surface area (Å²) < 4.78 is 5.43. The minimum atomic E-state index is 0.401. The van der Waals surface area contributed by atoms with E-state index >= 15 is 0 Å². The molecular weight excluding hydrogens is 200 g/mol. The Morgan fingerprint density at radius 1 is 1.44 bits per heavy atom. The number of nitrogens with zero attached hydrogens (tertiary/aromatic N) is 1.